The molecule has 1 N–H and O–H groups in total. The summed E-state index contributed by atoms with van der Waals surface area (Å²) < 4.78 is 30.8. The van der Waals surface area contributed by atoms with Crippen molar-refractivity contribution < 1.29 is 17.7 Å². The number of hydrogen-bond donors (Lipinski definition) is 1. The van der Waals surface area contributed by atoms with Crippen molar-refractivity contribution in [2.24, 2.45) is 0 Å². The summed E-state index contributed by atoms with van der Waals surface area (Å²) in [4.78, 5) is 21.4. The lowest BCUT2D eigenvalue weighted by molar-refractivity contribution is 0.0551. The molecule has 2 heterocycles. The molecular formula is C22H25N5O4S. The number of anilines is 1. The number of carbonyl (C=O) groups excluding carboxylic acids is 1. The van der Waals surface area contributed by atoms with Crippen molar-refractivity contribution in [3.63, 3.8) is 0 Å². The fourth-order valence-corrected chi connectivity index (χ4v) is 4.25. The van der Waals surface area contributed by atoms with Crippen molar-refractivity contribution in [1.29, 1.82) is 0 Å². The summed E-state index contributed by atoms with van der Waals surface area (Å²) in [6.07, 6.45) is 1.08. The molecule has 1 aliphatic rings. The highest BCUT2D eigenvalue weighted by molar-refractivity contribution is 7.92. The molecule has 1 atom stereocenters. The molecule has 168 valence electrons. The first-order valence-electron chi connectivity index (χ1n) is 10.3. The molecule has 10 heteroatoms. The second-order valence-corrected chi connectivity index (χ2v) is 9.53. The third-order valence-corrected chi connectivity index (χ3v) is 6.00. The predicted molar refractivity (Wildman–Crippen MR) is 121 cm³/mol. The highest BCUT2D eigenvalue weighted by Crippen LogP contribution is 2.24. The van der Waals surface area contributed by atoms with E-state index in [0.29, 0.717) is 49.1 Å². The van der Waals surface area contributed by atoms with E-state index >= 15 is 0 Å². The summed E-state index contributed by atoms with van der Waals surface area (Å²) in [6.45, 7) is 4.44. The second kappa shape index (κ2) is 9.09. The van der Waals surface area contributed by atoms with Gasteiger partial charge in [-0.25, -0.2) is 8.42 Å². The molecule has 32 heavy (non-hydrogen) atoms. The Kier molecular flexibility index (Phi) is 6.24. The molecule has 1 unspecified atom stereocenters. The zero-order valence-corrected chi connectivity index (χ0v) is 18.7. The van der Waals surface area contributed by atoms with Crippen LogP contribution in [0.1, 0.15) is 29.2 Å². The minimum absolute atomic E-state index is 0.0699. The van der Waals surface area contributed by atoms with Gasteiger partial charge >= 0.3 is 0 Å². The third-order valence-electron chi connectivity index (χ3n) is 5.39. The van der Waals surface area contributed by atoms with Crippen molar-refractivity contribution in [3.8, 4) is 11.4 Å². The van der Waals surface area contributed by atoms with Crippen molar-refractivity contribution in [3.05, 3.63) is 66.1 Å². The van der Waals surface area contributed by atoms with E-state index < -0.39 is 10.0 Å². The highest BCUT2D eigenvalue weighted by Gasteiger charge is 2.28. The molecule has 1 fully saturated rings. The molecular weight excluding hydrogens is 430 g/mol. The van der Waals surface area contributed by atoms with Crippen molar-refractivity contribution in [2.75, 3.05) is 37.2 Å². The summed E-state index contributed by atoms with van der Waals surface area (Å²) in [6, 6.07) is 16.1. The van der Waals surface area contributed by atoms with Gasteiger partial charge in [0.1, 0.15) is 0 Å². The number of piperazine rings is 1. The van der Waals surface area contributed by atoms with Gasteiger partial charge in [-0.1, -0.05) is 41.6 Å². The van der Waals surface area contributed by atoms with Gasteiger partial charge in [0.2, 0.25) is 21.7 Å². The Labute approximate surface area is 187 Å². The summed E-state index contributed by atoms with van der Waals surface area (Å²) in [5.41, 5.74) is 1.72. The maximum atomic E-state index is 12.9. The molecule has 0 spiro atoms. The van der Waals surface area contributed by atoms with Crippen LogP contribution in [0.15, 0.2) is 59.1 Å². The first kappa shape index (κ1) is 22.0. The molecule has 1 aliphatic heterocycles. The Balaban J connectivity index is 1.37. The van der Waals surface area contributed by atoms with E-state index in [2.05, 4.69) is 19.8 Å². The van der Waals surface area contributed by atoms with Gasteiger partial charge in [-0.2, -0.15) is 4.98 Å². The van der Waals surface area contributed by atoms with Crippen LogP contribution in [0.3, 0.4) is 0 Å². The largest absolute Gasteiger partial charge is 0.337 e. The first-order chi connectivity index (χ1) is 15.3. The monoisotopic (exact) mass is 455 g/mol. The first-order valence-corrected chi connectivity index (χ1v) is 12.2. The Morgan fingerprint density at radius 2 is 1.78 bits per heavy atom. The Morgan fingerprint density at radius 1 is 1.06 bits per heavy atom. The summed E-state index contributed by atoms with van der Waals surface area (Å²) >= 11 is 0. The predicted octanol–water partition coefficient (Wildman–Crippen LogP) is 2.63. The number of aromatic nitrogens is 2. The van der Waals surface area contributed by atoms with Gasteiger partial charge in [-0.15, -0.1) is 0 Å². The number of benzene rings is 2. The average Bonchev–Trinajstić information content (AvgIpc) is 3.28. The lowest BCUT2D eigenvalue weighted by atomic mass is 10.1. The van der Waals surface area contributed by atoms with Gasteiger partial charge in [0.15, 0.2) is 0 Å². The molecule has 1 aromatic heterocycles. The summed E-state index contributed by atoms with van der Waals surface area (Å²) in [5, 5.41) is 4.09. The molecule has 4 rings (SSSR count). The van der Waals surface area contributed by atoms with Crippen LogP contribution in [-0.2, 0) is 10.0 Å². The van der Waals surface area contributed by atoms with E-state index in [9.17, 15) is 13.2 Å². The van der Waals surface area contributed by atoms with E-state index in [0.717, 1.165) is 11.8 Å². The topological polar surface area (TPSA) is 109 Å². The smallest absolute Gasteiger partial charge is 0.254 e. The van der Waals surface area contributed by atoms with Gasteiger partial charge in [0.05, 0.1) is 12.3 Å². The van der Waals surface area contributed by atoms with Crippen molar-refractivity contribution in [2.45, 2.75) is 13.0 Å². The molecule has 1 amide bonds. The standard InChI is InChI=1S/C22H25N5O4S/c1-16(21-23-20(24-31-21)17-7-4-3-5-8-17)26-11-13-27(14-12-26)22(28)18-9-6-10-19(15-18)25-32(2,29)30/h3-10,15-16,25H,11-14H2,1-2H3. The normalized spacial score (nSPS) is 16.0. The molecule has 9 nitrogen and oxygen atoms in total. The second-order valence-electron chi connectivity index (χ2n) is 7.78. The Hall–Kier alpha value is -3.24. The molecule has 0 bridgehead atoms. The fourth-order valence-electron chi connectivity index (χ4n) is 3.69. The van der Waals surface area contributed by atoms with Crippen molar-refractivity contribution in [1.82, 2.24) is 19.9 Å². The molecule has 0 saturated carbocycles. The fraction of sp³-hybridized carbons (Fsp3) is 0.318. The SMILES string of the molecule is CC(c1nc(-c2ccccc2)no1)N1CCN(C(=O)c2cccc(NS(C)(=O)=O)c2)CC1. The highest BCUT2D eigenvalue weighted by atomic mass is 32.2. The minimum Gasteiger partial charge on any atom is -0.337 e. The van der Waals surface area contributed by atoms with Crippen LogP contribution >= 0.6 is 0 Å². The van der Waals surface area contributed by atoms with Gasteiger partial charge in [-0.3, -0.25) is 14.4 Å². The zero-order valence-electron chi connectivity index (χ0n) is 17.9. The van der Waals surface area contributed by atoms with E-state index in [-0.39, 0.29) is 11.9 Å². The zero-order chi connectivity index (χ0) is 22.7. The van der Waals surface area contributed by atoms with Crippen LogP contribution in [0, 0.1) is 0 Å². The van der Waals surface area contributed by atoms with Gasteiger partial charge in [0.25, 0.3) is 5.91 Å². The van der Waals surface area contributed by atoms with Gasteiger partial charge in [0, 0.05) is 43.0 Å². The van der Waals surface area contributed by atoms with E-state index in [1.807, 2.05) is 37.3 Å². The van der Waals surface area contributed by atoms with Crippen molar-refractivity contribution >= 4 is 21.6 Å². The number of sulfonamides is 1. The van der Waals surface area contributed by atoms with Crippen LogP contribution in [0.2, 0.25) is 0 Å². The maximum Gasteiger partial charge on any atom is 0.254 e. The number of hydrogen-bond acceptors (Lipinski definition) is 7. The lowest BCUT2D eigenvalue weighted by Gasteiger charge is -2.36. The summed E-state index contributed by atoms with van der Waals surface area (Å²) in [7, 11) is -3.41. The van der Waals surface area contributed by atoms with E-state index in [1.165, 1.54) is 0 Å². The maximum absolute atomic E-state index is 12.9. The van der Waals surface area contributed by atoms with Gasteiger partial charge in [-0.05, 0) is 25.1 Å². The van der Waals surface area contributed by atoms with Gasteiger partial charge < -0.3 is 9.42 Å². The Bertz CT molecular complexity index is 1190. The van der Waals surface area contributed by atoms with Crippen LogP contribution in [-0.4, -0.2) is 66.7 Å². The molecule has 3 aromatic rings. The molecule has 1 saturated heterocycles. The summed E-state index contributed by atoms with van der Waals surface area (Å²) in [5.74, 6) is 0.977. The van der Waals surface area contributed by atoms with Crippen LogP contribution in [0.5, 0.6) is 0 Å². The lowest BCUT2D eigenvalue weighted by Crippen LogP contribution is -2.49. The number of amides is 1. The van der Waals surface area contributed by atoms with E-state index in [4.69, 9.17) is 4.52 Å². The molecule has 2 aromatic carbocycles. The number of nitrogens with zero attached hydrogens (tertiary/aromatic N) is 4. The van der Waals surface area contributed by atoms with E-state index in [1.54, 1.807) is 29.2 Å². The third kappa shape index (κ3) is 5.14. The quantitative estimate of drug-likeness (QED) is 0.609. The number of nitrogens with one attached hydrogen (secondary N) is 1. The van der Waals surface area contributed by atoms with Crippen LogP contribution < -0.4 is 4.72 Å². The number of rotatable bonds is 6. The minimum atomic E-state index is -3.41. The molecule has 0 radical (unpaired) electrons. The average molecular weight is 456 g/mol. The Morgan fingerprint density at radius 3 is 2.47 bits per heavy atom. The van der Waals surface area contributed by atoms with Crippen LogP contribution in [0.4, 0.5) is 5.69 Å². The van der Waals surface area contributed by atoms with Crippen LogP contribution in [0.25, 0.3) is 11.4 Å². The molecule has 0 aliphatic carbocycles. The number of carbonyl (C=O) groups is 1.